The second-order valence-corrected chi connectivity index (χ2v) is 4.87. The zero-order valence-corrected chi connectivity index (χ0v) is 12.2. The molecule has 0 aliphatic carbocycles. The average Bonchev–Trinajstić information content (AvgIpc) is 2.52. The van der Waals surface area contributed by atoms with Gasteiger partial charge in [-0.3, -0.25) is 4.79 Å². The van der Waals surface area contributed by atoms with Gasteiger partial charge in [0.25, 0.3) is 5.91 Å². The number of carbonyl (C=O) groups excluding carboxylic acids is 1. The Bertz CT molecular complexity index is 625. The van der Waals surface area contributed by atoms with E-state index < -0.39 is 6.10 Å². The number of carbonyl (C=O) groups is 1. The fourth-order valence-electron chi connectivity index (χ4n) is 2.04. The lowest BCUT2D eigenvalue weighted by atomic mass is 10.1. The van der Waals surface area contributed by atoms with Crippen molar-refractivity contribution >= 4 is 5.91 Å². The summed E-state index contributed by atoms with van der Waals surface area (Å²) in [6.45, 7) is 2.09. The number of aliphatic hydroxyl groups excluding tert-OH is 1. The van der Waals surface area contributed by atoms with Crippen molar-refractivity contribution in [1.29, 1.82) is 0 Å². The van der Waals surface area contributed by atoms with Crippen LogP contribution in [0, 0.1) is 6.92 Å². The molecule has 0 heterocycles. The molecule has 0 spiro atoms. The Hall–Kier alpha value is -2.33. The van der Waals surface area contributed by atoms with Crippen LogP contribution in [0.1, 0.15) is 27.6 Å². The Balaban J connectivity index is 1.97. The van der Waals surface area contributed by atoms with Crippen LogP contribution in [0.15, 0.2) is 48.5 Å². The van der Waals surface area contributed by atoms with Gasteiger partial charge in [0.1, 0.15) is 5.75 Å². The second kappa shape index (κ2) is 6.90. The third kappa shape index (κ3) is 4.07. The lowest BCUT2D eigenvalue weighted by Gasteiger charge is -2.13. The maximum absolute atomic E-state index is 12.0. The third-order valence-corrected chi connectivity index (χ3v) is 3.21. The van der Waals surface area contributed by atoms with Crippen LogP contribution in [0.4, 0.5) is 0 Å². The number of benzene rings is 2. The molecule has 4 nitrogen and oxygen atoms in total. The van der Waals surface area contributed by atoms with Crippen molar-refractivity contribution in [2.45, 2.75) is 13.0 Å². The summed E-state index contributed by atoms with van der Waals surface area (Å²) >= 11 is 0. The highest BCUT2D eigenvalue weighted by Gasteiger charge is 2.11. The van der Waals surface area contributed by atoms with Gasteiger partial charge >= 0.3 is 0 Å². The number of aryl methyl sites for hydroxylation is 1. The van der Waals surface area contributed by atoms with E-state index >= 15 is 0 Å². The first-order valence-corrected chi connectivity index (χ1v) is 6.77. The Morgan fingerprint density at radius 1 is 1.24 bits per heavy atom. The molecule has 0 radical (unpaired) electrons. The maximum Gasteiger partial charge on any atom is 0.251 e. The largest absolute Gasteiger partial charge is 0.497 e. The third-order valence-electron chi connectivity index (χ3n) is 3.21. The Labute approximate surface area is 124 Å². The lowest BCUT2D eigenvalue weighted by Crippen LogP contribution is -2.28. The van der Waals surface area contributed by atoms with Crippen molar-refractivity contribution in [2.75, 3.05) is 13.7 Å². The molecule has 21 heavy (non-hydrogen) atoms. The Kier molecular flexibility index (Phi) is 4.95. The minimum Gasteiger partial charge on any atom is -0.497 e. The zero-order chi connectivity index (χ0) is 15.2. The van der Waals surface area contributed by atoms with Crippen LogP contribution in [-0.4, -0.2) is 24.7 Å². The molecule has 1 unspecified atom stereocenters. The minimum atomic E-state index is -0.770. The predicted molar refractivity (Wildman–Crippen MR) is 81.5 cm³/mol. The predicted octanol–water partition coefficient (Wildman–Crippen LogP) is 2.47. The average molecular weight is 285 g/mol. The van der Waals surface area contributed by atoms with Crippen LogP contribution in [0.2, 0.25) is 0 Å². The molecular formula is C17H19NO3. The molecule has 110 valence electrons. The standard InChI is InChI=1S/C17H19NO3/c1-12-5-3-7-14(9-12)17(20)18-11-16(19)13-6-4-8-15(10-13)21-2/h3-10,16,19H,11H2,1-2H3,(H,18,20). The molecule has 4 heteroatoms. The normalized spacial score (nSPS) is 11.8. The highest BCUT2D eigenvalue weighted by molar-refractivity contribution is 5.94. The number of hydrogen-bond donors (Lipinski definition) is 2. The summed E-state index contributed by atoms with van der Waals surface area (Å²) in [5, 5.41) is 12.9. The quantitative estimate of drug-likeness (QED) is 0.887. The van der Waals surface area contributed by atoms with Gasteiger partial charge in [-0.1, -0.05) is 29.8 Å². The molecule has 2 N–H and O–H groups in total. The van der Waals surface area contributed by atoms with Gasteiger partial charge in [-0.05, 0) is 36.8 Å². The lowest BCUT2D eigenvalue weighted by molar-refractivity contribution is 0.0916. The molecule has 0 bridgehead atoms. The molecule has 0 saturated carbocycles. The van der Waals surface area contributed by atoms with Crippen molar-refractivity contribution in [1.82, 2.24) is 5.32 Å². The van der Waals surface area contributed by atoms with Crippen LogP contribution in [0.5, 0.6) is 5.75 Å². The fourth-order valence-corrected chi connectivity index (χ4v) is 2.04. The van der Waals surface area contributed by atoms with E-state index in [-0.39, 0.29) is 12.5 Å². The van der Waals surface area contributed by atoms with E-state index in [0.717, 1.165) is 5.56 Å². The van der Waals surface area contributed by atoms with Gasteiger partial charge in [-0.15, -0.1) is 0 Å². The Morgan fingerprint density at radius 2 is 2.00 bits per heavy atom. The highest BCUT2D eigenvalue weighted by Crippen LogP contribution is 2.18. The minimum absolute atomic E-state index is 0.153. The fraction of sp³-hybridized carbons (Fsp3) is 0.235. The van der Waals surface area contributed by atoms with Crippen molar-refractivity contribution in [3.05, 3.63) is 65.2 Å². The number of rotatable bonds is 5. The van der Waals surface area contributed by atoms with Crippen LogP contribution in [0.3, 0.4) is 0 Å². The van der Waals surface area contributed by atoms with Crippen LogP contribution in [-0.2, 0) is 0 Å². The zero-order valence-electron chi connectivity index (χ0n) is 12.2. The van der Waals surface area contributed by atoms with Gasteiger partial charge in [0, 0.05) is 12.1 Å². The summed E-state index contributed by atoms with van der Waals surface area (Å²) < 4.78 is 5.11. The topological polar surface area (TPSA) is 58.6 Å². The SMILES string of the molecule is COc1cccc(C(O)CNC(=O)c2cccc(C)c2)c1. The number of methoxy groups -OCH3 is 1. The highest BCUT2D eigenvalue weighted by atomic mass is 16.5. The van der Waals surface area contributed by atoms with Gasteiger partial charge in [-0.25, -0.2) is 0 Å². The summed E-state index contributed by atoms with van der Waals surface area (Å²) in [5.41, 5.74) is 2.32. The molecule has 1 atom stereocenters. The van der Waals surface area contributed by atoms with E-state index in [1.54, 1.807) is 31.4 Å². The first-order valence-electron chi connectivity index (χ1n) is 6.77. The first-order chi connectivity index (χ1) is 10.1. The van der Waals surface area contributed by atoms with E-state index in [4.69, 9.17) is 4.74 Å². The molecule has 2 aromatic carbocycles. The molecule has 0 aromatic heterocycles. The van der Waals surface area contributed by atoms with Gasteiger partial charge in [0.15, 0.2) is 0 Å². The number of amides is 1. The van der Waals surface area contributed by atoms with Crippen LogP contribution >= 0.6 is 0 Å². The van der Waals surface area contributed by atoms with Gasteiger partial charge in [0.05, 0.1) is 13.2 Å². The first kappa shape index (κ1) is 15.1. The summed E-state index contributed by atoms with van der Waals surface area (Å²) in [4.78, 5) is 12.0. The molecule has 0 fully saturated rings. The van der Waals surface area contributed by atoms with Crippen molar-refractivity contribution in [2.24, 2.45) is 0 Å². The summed E-state index contributed by atoms with van der Waals surface area (Å²) in [7, 11) is 1.57. The van der Waals surface area contributed by atoms with Gasteiger partial charge < -0.3 is 15.2 Å². The van der Waals surface area contributed by atoms with Crippen molar-refractivity contribution in [3.63, 3.8) is 0 Å². The number of ether oxygens (including phenoxy) is 1. The second-order valence-electron chi connectivity index (χ2n) is 4.87. The molecular weight excluding hydrogens is 266 g/mol. The maximum atomic E-state index is 12.0. The van der Waals surface area contributed by atoms with E-state index in [9.17, 15) is 9.90 Å². The monoisotopic (exact) mass is 285 g/mol. The molecule has 2 aromatic rings. The number of hydrogen-bond acceptors (Lipinski definition) is 3. The van der Waals surface area contributed by atoms with Crippen LogP contribution in [0.25, 0.3) is 0 Å². The summed E-state index contributed by atoms with van der Waals surface area (Å²) in [6.07, 6.45) is -0.770. The van der Waals surface area contributed by atoms with E-state index in [1.165, 1.54) is 0 Å². The number of aliphatic hydroxyl groups is 1. The van der Waals surface area contributed by atoms with Crippen molar-refractivity contribution < 1.29 is 14.6 Å². The summed E-state index contributed by atoms with van der Waals surface area (Å²) in [6, 6.07) is 14.5. The van der Waals surface area contributed by atoms with Crippen molar-refractivity contribution in [3.8, 4) is 5.75 Å². The molecule has 0 aliphatic heterocycles. The van der Waals surface area contributed by atoms with Gasteiger partial charge in [-0.2, -0.15) is 0 Å². The number of nitrogens with one attached hydrogen (secondary N) is 1. The Morgan fingerprint density at radius 3 is 2.71 bits per heavy atom. The summed E-state index contributed by atoms with van der Waals surface area (Å²) in [5.74, 6) is 0.484. The van der Waals surface area contributed by atoms with E-state index in [0.29, 0.717) is 16.9 Å². The van der Waals surface area contributed by atoms with Crippen LogP contribution < -0.4 is 10.1 Å². The smallest absolute Gasteiger partial charge is 0.251 e. The molecule has 0 aliphatic rings. The molecule has 1 amide bonds. The van der Waals surface area contributed by atoms with E-state index in [1.807, 2.05) is 31.2 Å². The van der Waals surface area contributed by atoms with E-state index in [2.05, 4.69) is 5.32 Å². The molecule has 0 saturated heterocycles. The molecule has 2 rings (SSSR count). The van der Waals surface area contributed by atoms with Gasteiger partial charge in [0.2, 0.25) is 0 Å².